The number of amides is 1. The standard InChI is InChI=1S/C75H139NO10/c1-3-5-7-9-11-13-15-42-45-49-53-57-61-68(78)67(66-85-75-74(83)73(82)72(81)69(65-77)86-75)76-70(79)62-58-54-50-46-43-39-37-35-33-31-29-27-25-23-21-19-17-16-18-20-22-24-26-28-30-32-34-36-38-40-44-48-52-56-60-64-84-71(80)63-59-55-51-47-41-14-12-10-8-6-4-2/h10,12,18,20,24,26,57,61,67-69,72-75,77-78,81-83H,3-9,11,13-17,19,21-23,25,27-56,58-60,62-66H2,1-2H3,(H,76,79)/b12-10-,20-18-,26-24-,61-57+. The molecule has 0 spiro atoms. The smallest absolute Gasteiger partial charge is 0.305 e. The van der Waals surface area contributed by atoms with Crippen molar-refractivity contribution in [1.29, 1.82) is 0 Å². The van der Waals surface area contributed by atoms with E-state index in [4.69, 9.17) is 14.2 Å². The van der Waals surface area contributed by atoms with Gasteiger partial charge >= 0.3 is 5.97 Å². The molecule has 1 amide bonds. The molecule has 0 aliphatic carbocycles. The van der Waals surface area contributed by atoms with Gasteiger partial charge in [-0.15, -0.1) is 0 Å². The van der Waals surface area contributed by atoms with E-state index in [1.807, 2.05) is 6.08 Å². The number of carbonyl (C=O) groups excluding carboxylic acids is 2. The van der Waals surface area contributed by atoms with E-state index >= 15 is 0 Å². The van der Waals surface area contributed by atoms with E-state index in [0.29, 0.717) is 19.4 Å². The Bertz CT molecular complexity index is 1570. The second kappa shape index (κ2) is 64.2. The van der Waals surface area contributed by atoms with Crippen molar-refractivity contribution in [3.63, 3.8) is 0 Å². The maximum Gasteiger partial charge on any atom is 0.305 e. The summed E-state index contributed by atoms with van der Waals surface area (Å²) >= 11 is 0. The van der Waals surface area contributed by atoms with Crippen LogP contribution in [0.2, 0.25) is 0 Å². The van der Waals surface area contributed by atoms with Crippen LogP contribution in [-0.2, 0) is 23.8 Å². The lowest BCUT2D eigenvalue weighted by atomic mass is 9.99. The van der Waals surface area contributed by atoms with Crippen molar-refractivity contribution in [2.24, 2.45) is 0 Å². The number of hydrogen-bond donors (Lipinski definition) is 6. The van der Waals surface area contributed by atoms with Crippen molar-refractivity contribution in [2.75, 3.05) is 19.8 Å². The average Bonchev–Trinajstić information content (AvgIpc) is 2.27. The van der Waals surface area contributed by atoms with Crippen LogP contribution in [0.15, 0.2) is 48.6 Å². The summed E-state index contributed by atoms with van der Waals surface area (Å²) in [7, 11) is 0. The van der Waals surface area contributed by atoms with Gasteiger partial charge in [0.05, 0.1) is 32.0 Å². The second-order valence-corrected chi connectivity index (χ2v) is 25.6. The number of carbonyl (C=O) groups is 2. The topological polar surface area (TPSA) is 175 Å². The van der Waals surface area contributed by atoms with E-state index in [-0.39, 0.29) is 18.5 Å². The first-order valence-corrected chi connectivity index (χ1v) is 36.9. The highest BCUT2D eigenvalue weighted by Crippen LogP contribution is 2.23. The van der Waals surface area contributed by atoms with Crippen molar-refractivity contribution >= 4 is 11.9 Å². The van der Waals surface area contributed by atoms with Gasteiger partial charge in [-0.2, -0.15) is 0 Å². The van der Waals surface area contributed by atoms with Gasteiger partial charge < -0.3 is 45.1 Å². The predicted molar refractivity (Wildman–Crippen MR) is 361 cm³/mol. The van der Waals surface area contributed by atoms with Crippen molar-refractivity contribution in [3.8, 4) is 0 Å². The molecule has 0 aromatic heterocycles. The van der Waals surface area contributed by atoms with Crippen molar-refractivity contribution in [3.05, 3.63) is 48.6 Å². The maximum absolute atomic E-state index is 13.1. The fourth-order valence-electron chi connectivity index (χ4n) is 11.6. The Hall–Kier alpha value is -2.38. The largest absolute Gasteiger partial charge is 0.466 e. The first-order chi connectivity index (χ1) is 42.2. The summed E-state index contributed by atoms with van der Waals surface area (Å²) in [5.74, 6) is -0.179. The zero-order valence-electron chi connectivity index (χ0n) is 56.0. The minimum absolute atomic E-state index is 0.00104. The Morgan fingerprint density at radius 2 is 0.791 bits per heavy atom. The summed E-state index contributed by atoms with van der Waals surface area (Å²) in [6, 6.07) is -0.808. The molecule has 7 unspecified atom stereocenters. The van der Waals surface area contributed by atoms with E-state index in [0.717, 1.165) is 64.2 Å². The molecular weight excluding hydrogens is 1070 g/mol. The number of esters is 1. The molecule has 1 saturated heterocycles. The third-order valence-electron chi connectivity index (χ3n) is 17.4. The van der Waals surface area contributed by atoms with Gasteiger partial charge in [-0.3, -0.25) is 9.59 Å². The van der Waals surface area contributed by atoms with Crippen molar-refractivity contribution in [1.82, 2.24) is 5.32 Å². The van der Waals surface area contributed by atoms with E-state index in [1.165, 1.54) is 263 Å². The molecule has 86 heavy (non-hydrogen) atoms. The third kappa shape index (κ3) is 52.4. The highest BCUT2D eigenvalue weighted by molar-refractivity contribution is 5.76. The van der Waals surface area contributed by atoms with Gasteiger partial charge in [-0.25, -0.2) is 0 Å². The number of allylic oxidation sites excluding steroid dienone is 7. The summed E-state index contributed by atoms with van der Waals surface area (Å²) in [5, 5.41) is 54.5. The first-order valence-electron chi connectivity index (χ1n) is 36.9. The Kier molecular flexibility index (Phi) is 60.9. The minimum Gasteiger partial charge on any atom is -0.466 e. The molecule has 1 aliphatic rings. The number of nitrogens with one attached hydrogen (secondary N) is 1. The Balaban J connectivity index is 1.94. The van der Waals surface area contributed by atoms with Gasteiger partial charge in [0.1, 0.15) is 24.4 Å². The zero-order chi connectivity index (χ0) is 62.3. The lowest BCUT2D eigenvalue weighted by Gasteiger charge is -2.40. The number of ether oxygens (including phenoxy) is 3. The average molecular weight is 1210 g/mol. The Labute approximate surface area is 529 Å². The molecule has 0 aromatic rings. The van der Waals surface area contributed by atoms with Gasteiger partial charge in [0, 0.05) is 12.8 Å². The number of aliphatic hydroxyl groups is 5. The summed E-state index contributed by atoms with van der Waals surface area (Å²) in [4.78, 5) is 25.1. The van der Waals surface area contributed by atoms with E-state index in [1.54, 1.807) is 6.08 Å². The van der Waals surface area contributed by atoms with Crippen LogP contribution in [0.5, 0.6) is 0 Å². The quantitative estimate of drug-likeness (QED) is 0.0195. The number of aliphatic hydroxyl groups excluding tert-OH is 5. The number of hydrogen-bond acceptors (Lipinski definition) is 10. The number of unbranched alkanes of at least 4 members (excludes halogenated alkanes) is 45. The van der Waals surface area contributed by atoms with Crippen LogP contribution >= 0.6 is 0 Å². The van der Waals surface area contributed by atoms with Crippen molar-refractivity contribution in [2.45, 2.75) is 397 Å². The summed E-state index contributed by atoms with van der Waals surface area (Å²) < 4.78 is 16.7. The minimum atomic E-state index is -1.57. The summed E-state index contributed by atoms with van der Waals surface area (Å²) in [6.07, 6.45) is 74.0. The molecular formula is C75H139NO10. The lowest BCUT2D eigenvalue weighted by molar-refractivity contribution is -0.302. The highest BCUT2D eigenvalue weighted by Gasteiger charge is 2.44. The molecule has 6 N–H and O–H groups in total. The predicted octanol–water partition coefficient (Wildman–Crippen LogP) is 19.1. The summed E-state index contributed by atoms with van der Waals surface area (Å²) in [5.41, 5.74) is 0. The molecule has 504 valence electrons. The van der Waals surface area contributed by atoms with Crippen LogP contribution in [0.3, 0.4) is 0 Å². The van der Waals surface area contributed by atoms with Gasteiger partial charge in [0.25, 0.3) is 0 Å². The Morgan fingerprint density at radius 3 is 1.22 bits per heavy atom. The highest BCUT2D eigenvalue weighted by atomic mass is 16.7. The fraction of sp³-hybridized carbons (Fsp3) is 0.867. The van der Waals surface area contributed by atoms with E-state index < -0.39 is 49.5 Å². The first kappa shape index (κ1) is 81.6. The Morgan fingerprint density at radius 1 is 0.430 bits per heavy atom. The lowest BCUT2D eigenvalue weighted by Crippen LogP contribution is -2.60. The zero-order valence-corrected chi connectivity index (χ0v) is 56.0. The van der Waals surface area contributed by atoms with Crippen LogP contribution in [0.4, 0.5) is 0 Å². The third-order valence-corrected chi connectivity index (χ3v) is 17.4. The maximum atomic E-state index is 13.1. The summed E-state index contributed by atoms with van der Waals surface area (Å²) in [6.45, 7) is 4.33. The SMILES string of the molecule is CCCC/C=C\CCCCCCCC(=O)OCCCCCCCCCCCCC/C=C\C/C=C\CCCCCCCCCCCCCCCCCCCC(=O)NC(COC1OC(CO)C(O)C(O)C1O)C(O)/C=C/CCCCCCCCCCCC. The van der Waals surface area contributed by atoms with Crippen LogP contribution < -0.4 is 5.32 Å². The van der Waals surface area contributed by atoms with Gasteiger partial charge in [-0.05, 0) is 83.5 Å². The second-order valence-electron chi connectivity index (χ2n) is 25.6. The van der Waals surface area contributed by atoms with Crippen LogP contribution in [-0.4, -0.2) is 100 Å². The van der Waals surface area contributed by atoms with E-state index in [9.17, 15) is 35.1 Å². The van der Waals surface area contributed by atoms with Crippen LogP contribution in [0, 0.1) is 0 Å². The molecule has 1 fully saturated rings. The molecule has 0 saturated carbocycles. The molecule has 1 aliphatic heterocycles. The normalized spacial score (nSPS) is 18.2. The molecule has 0 aromatic carbocycles. The molecule has 11 nitrogen and oxygen atoms in total. The fourth-order valence-corrected chi connectivity index (χ4v) is 11.6. The van der Waals surface area contributed by atoms with Gasteiger partial charge in [-0.1, -0.05) is 306 Å². The molecule has 0 radical (unpaired) electrons. The monoisotopic (exact) mass is 1210 g/mol. The van der Waals surface area contributed by atoms with Crippen LogP contribution in [0.1, 0.15) is 354 Å². The van der Waals surface area contributed by atoms with Crippen molar-refractivity contribution < 1.29 is 49.3 Å². The van der Waals surface area contributed by atoms with E-state index in [2.05, 4.69) is 55.6 Å². The molecule has 0 bridgehead atoms. The number of rotatable bonds is 65. The van der Waals surface area contributed by atoms with Gasteiger partial charge in [0.15, 0.2) is 6.29 Å². The molecule has 1 rings (SSSR count). The van der Waals surface area contributed by atoms with Crippen LogP contribution in [0.25, 0.3) is 0 Å². The van der Waals surface area contributed by atoms with Gasteiger partial charge in [0.2, 0.25) is 5.91 Å². The molecule has 7 atom stereocenters. The molecule has 1 heterocycles. The molecule has 11 heteroatoms.